The molecule has 0 aliphatic carbocycles. The molecule has 6 nitrogen and oxygen atoms in total. The van der Waals surface area contributed by atoms with Gasteiger partial charge in [-0.2, -0.15) is 0 Å². The maximum Gasteiger partial charge on any atom is 0.250 e. The van der Waals surface area contributed by atoms with E-state index in [1.165, 1.54) is 18.3 Å². The quantitative estimate of drug-likeness (QED) is 0.459. The normalized spacial score (nSPS) is 11.8. The van der Waals surface area contributed by atoms with Crippen LogP contribution in [0.4, 0.5) is 21.6 Å². The van der Waals surface area contributed by atoms with Gasteiger partial charge >= 0.3 is 0 Å². The lowest BCUT2D eigenvalue weighted by atomic mass is 9.97. The summed E-state index contributed by atoms with van der Waals surface area (Å²) in [6.45, 7) is 9.23. The number of hydrogen-bond donors (Lipinski definition) is 2. The van der Waals surface area contributed by atoms with Crippen molar-refractivity contribution in [3.63, 3.8) is 0 Å². The second-order valence-electron chi connectivity index (χ2n) is 7.25. The third-order valence-electron chi connectivity index (χ3n) is 5.30. The molecule has 2 heterocycles. The maximum atomic E-state index is 14.1. The smallest absolute Gasteiger partial charge is 0.250 e. The average Bonchev–Trinajstić information content (AvgIpc) is 2.76. The molecule has 31 heavy (non-hydrogen) atoms. The van der Waals surface area contributed by atoms with Crippen molar-refractivity contribution < 1.29 is 4.39 Å². The van der Waals surface area contributed by atoms with Crippen LogP contribution in [0.25, 0.3) is 27.0 Å². The largest absolute Gasteiger partial charge is 0.407 e. The van der Waals surface area contributed by atoms with Crippen molar-refractivity contribution in [2.24, 2.45) is 7.05 Å². The number of nitrogens with two attached hydrogens (primary N) is 1. The molecule has 2 aromatic heterocycles. The van der Waals surface area contributed by atoms with Crippen LogP contribution in [-0.2, 0) is 7.05 Å². The van der Waals surface area contributed by atoms with Gasteiger partial charge < -0.3 is 15.6 Å². The van der Waals surface area contributed by atoms with Gasteiger partial charge in [0.25, 0.3) is 0 Å². The molecule has 3 N–H and O–H groups in total. The maximum absolute atomic E-state index is 14.1. The summed E-state index contributed by atoms with van der Waals surface area (Å²) >= 11 is 0. The highest BCUT2D eigenvalue weighted by Gasteiger charge is 2.23. The molecular formula is C24H20FN5O. The van der Waals surface area contributed by atoms with E-state index < -0.39 is 11.9 Å². The van der Waals surface area contributed by atoms with E-state index in [-0.39, 0.29) is 11.1 Å². The molecule has 0 aliphatic rings. The molecule has 0 saturated heterocycles. The molecule has 0 bridgehead atoms. The van der Waals surface area contributed by atoms with Crippen molar-refractivity contribution in [1.82, 2.24) is 9.55 Å². The van der Waals surface area contributed by atoms with Crippen molar-refractivity contribution in [3.8, 4) is 11.3 Å². The SMILES string of the molecule is [C-]#[N+]c1c(N)ccnc1NC(C)c1c(-c2cccc(F)c2)n(C)c2ccccc2c1=O. The van der Waals surface area contributed by atoms with Crippen LogP contribution in [0.15, 0.2) is 65.6 Å². The third-order valence-corrected chi connectivity index (χ3v) is 5.30. The molecule has 4 aromatic rings. The second-order valence-corrected chi connectivity index (χ2v) is 7.25. The number of benzene rings is 2. The Morgan fingerprint density at radius 3 is 2.71 bits per heavy atom. The van der Waals surface area contributed by atoms with E-state index in [0.717, 1.165) is 5.52 Å². The van der Waals surface area contributed by atoms with E-state index in [0.29, 0.717) is 33.7 Å². The van der Waals surface area contributed by atoms with Gasteiger partial charge in [-0.15, -0.1) is 0 Å². The highest BCUT2D eigenvalue weighted by molar-refractivity contribution is 5.85. The number of pyridine rings is 2. The Balaban J connectivity index is 1.98. The zero-order chi connectivity index (χ0) is 22.1. The molecule has 7 heteroatoms. The van der Waals surface area contributed by atoms with E-state index in [1.54, 1.807) is 24.3 Å². The Morgan fingerprint density at radius 2 is 1.97 bits per heavy atom. The van der Waals surface area contributed by atoms with Gasteiger partial charge in [-0.3, -0.25) is 9.78 Å². The van der Waals surface area contributed by atoms with Crippen molar-refractivity contribution in [3.05, 3.63) is 93.8 Å². The van der Waals surface area contributed by atoms with Crippen molar-refractivity contribution in [2.45, 2.75) is 13.0 Å². The van der Waals surface area contributed by atoms with Crippen LogP contribution in [0.2, 0.25) is 0 Å². The van der Waals surface area contributed by atoms with Crippen molar-refractivity contribution in [2.75, 3.05) is 11.1 Å². The summed E-state index contributed by atoms with van der Waals surface area (Å²) in [5, 5.41) is 3.72. The minimum Gasteiger partial charge on any atom is -0.407 e. The number of rotatable bonds is 4. The van der Waals surface area contributed by atoms with E-state index in [2.05, 4.69) is 15.1 Å². The molecule has 1 unspecified atom stereocenters. The van der Waals surface area contributed by atoms with Crippen molar-refractivity contribution in [1.29, 1.82) is 0 Å². The number of aryl methyl sites for hydroxylation is 1. The zero-order valence-corrected chi connectivity index (χ0v) is 17.1. The Kier molecular flexibility index (Phi) is 5.14. The molecule has 0 radical (unpaired) electrons. The Labute approximate surface area is 178 Å². The molecule has 0 spiro atoms. The van der Waals surface area contributed by atoms with Crippen LogP contribution in [0.1, 0.15) is 18.5 Å². The van der Waals surface area contributed by atoms with Gasteiger partial charge in [0.05, 0.1) is 23.8 Å². The molecule has 1 atom stereocenters. The lowest BCUT2D eigenvalue weighted by Crippen LogP contribution is -2.23. The number of para-hydroxylation sites is 1. The van der Waals surface area contributed by atoms with E-state index in [4.69, 9.17) is 12.3 Å². The summed E-state index contributed by atoms with van der Waals surface area (Å²) in [7, 11) is 1.85. The molecular weight excluding hydrogens is 393 g/mol. The summed E-state index contributed by atoms with van der Waals surface area (Å²) in [6, 6.07) is 14.5. The average molecular weight is 413 g/mol. The van der Waals surface area contributed by atoms with Crippen LogP contribution < -0.4 is 16.5 Å². The number of nitrogens with one attached hydrogen (secondary N) is 1. The predicted octanol–water partition coefficient (Wildman–Crippen LogP) is 5.05. The van der Waals surface area contributed by atoms with Gasteiger partial charge in [0.2, 0.25) is 5.69 Å². The van der Waals surface area contributed by atoms with Gasteiger partial charge in [-0.1, -0.05) is 24.3 Å². The molecule has 2 aromatic carbocycles. The van der Waals surface area contributed by atoms with Gasteiger partial charge in [-0.05, 0) is 37.3 Å². The number of aromatic nitrogens is 2. The second kappa shape index (κ2) is 7.92. The predicted molar refractivity (Wildman–Crippen MR) is 122 cm³/mol. The monoisotopic (exact) mass is 413 g/mol. The van der Waals surface area contributed by atoms with Gasteiger partial charge in [-0.25, -0.2) is 9.24 Å². The van der Waals surface area contributed by atoms with E-state index in [9.17, 15) is 9.18 Å². The van der Waals surface area contributed by atoms with Gasteiger partial charge in [0.1, 0.15) is 11.6 Å². The van der Waals surface area contributed by atoms with Crippen molar-refractivity contribution >= 4 is 28.1 Å². The van der Waals surface area contributed by atoms with Gasteiger partial charge in [0, 0.05) is 35.4 Å². The fourth-order valence-electron chi connectivity index (χ4n) is 3.87. The number of hydrogen-bond acceptors (Lipinski definition) is 4. The Morgan fingerprint density at radius 1 is 1.19 bits per heavy atom. The van der Waals surface area contributed by atoms with Crippen LogP contribution in [0.5, 0.6) is 0 Å². The molecule has 154 valence electrons. The van der Waals surface area contributed by atoms with Gasteiger partial charge in [0.15, 0.2) is 5.43 Å². The third kappa shape index (κ3) is 3.49. The number of halogens is 1. The highest BCUT2D eigenvalue weighted by atomic mass is 19.1. The molecule has 0 fully saturated rings. The van der Waals surface area contributed by atoms with Crippen LogP contribution in [-0.4, -0.2) is 9.55 Å². The van der Waals surface area contributed by atoms with Crippen LogP contribution in [0, 0.1) is 12.4 Å². The summed E-state index contributed by atoms with van der Waals surface area (Å²) in [4.78, 5) is 21.3. The lowest BCUT2D eigenvalue weighted by Gasteiger charge is -2.23. The standard InChI is InChI=1S/C24H20FN5O/c1-14(29-24-21(27-2)18(26)11-12-28-24)20-22(15-7-6-8-16(25)13-15)30(3)19-10-5-4-9-17(19)23(20)31/h4-14H,1,3H3,(H3,26,28,29). The Bertz CT molecular complexity index is 1400. The Hall–Kier alpha value is -4.18. The molecule has 4 rings (SSSR count). The lowest BCUT2D eigenvalue weighted by molar-refractivity contribution is 0.628. The highest BCUT2D eigenvalue weighted by Crippen LogP contribution is 2.34. The summed E-state index contributed by atoms with van der Waals surface area (Å²) in [5.74, 6) is -0.0969. The number of nitrogen functional groups attached to an aromatic ring is 1. The van der Waals surface area contributed by atoms with E-state index in [1.807, 2.05) is 36.7 Å². The number of anilines is 2. The molecule has 0 saturated carbocycles. The summed E-state index contributed by atoms with van der Waals surface area (Å²) < 4.78 is 16.0. The van der Waals surface area contributed by atoms with Crippen LogP contribution in [0.3, 0.4) is 0 Å². The van der Waals surface area contributed by atoms with Crippen LogP contribution >= 0.6 is 0 Å². The fourth-order valence-corrected chi connectivity index (χ4v) is 3.87. The fraction of sp³-hybridized carbons (Fsp3) is 0.125. The topological polar surface area (TPSA) is 77.3 Å². The first-order valence-corrected chi connectivity index (χ1v) is 9.68. The molecule has 0 amide bonds. The number of nitrogens with zero attached hydrogens (tertiary/aromatic N) is 3. The first-order valence-electron chi connectivity index (χ1n) is 9.68. The molecule has 0 aliphatic heterocycles. The number of fused-ring (bicyclic) bond motifs is 1. The minimum atomic E-state index is -0.531. The minimum absolute atomic E-state index is 0.166. The van der Waals surface area contributed by atoms with E-state index >= 15 is 0 Å². The summed E-state index contributed by atoms with van der Waals surface area (Å²) in [5.41, 5.74) is 8.61. The first-order chi connectivity index (χ1) is 14.9. The zero-order valence-electron chi connectivity index (χ0n) is 17.1. The first kappa shape index (κ1) is 20.1. The summed E-state index contributed by atoms with van der Waals surface area (Å²) in [6.07, 6.45) is 1.51.